The van der Waals surface area contributed by atoms with Crippen molar-refractivity contribution in [2.75, 3.05) is 77.5 Å². The summed E-state index contributed by atoms with van der Waals surface area (Å²) in [6, 6.07) is 10.8. The Kier molecular flexibility index (Phi) is 8.42. The van der Waals surface area contributed by atoms with Gasteiger partial charge in [0.2, 0.25) is 0 Å². The first-order valence-electron chi connectivity index (χ1n) is 10.8. The molecule has 0 saturated carbocycles. The van der Waals surface area contributed by atoms with Gasteiger partial charge in [0, 0.05) is 77.6 Å². The number of benzene rings is 1. The Labute approximate surface area is 170 Å². The van der Waals surface area contributed by atoms with Crippen LogP contribution in [0.25, 0.3) is 0 Å². The van der Waals surface area contributed by atoms with E-state index in [9.17, 15) is 0 Å². The van der Waals surface area contributed by atoms with E-state index in [1.165, 1.54) is 12.1 Å². The average Bonchev–Trinajstić information content (AvgIpc) is 3.20. The topological polar surface area (TPSA) is 43.3 Å². The summed E-state index contributed by atoms with van der Waals surface area (Å²) in [4.78, 5) is 12.3. The molecule has 2 heterocycles. The largest absolute Gasteiger partial charge is 0.384 e. The minimum Gasteiger partial charge on any atom is -0.384 e. The van der Waals surface area contributed by atoms with Crippen LogP contribution in [0.15, 0.2) is 35.3 Å². The SMILES string of the molecule is CCNC(=NCCCN1CCN(c2ccccc2)CC1)N1CCC(COC)C1. The minimum atomic E-state index is 0.634. The summed E-state index contributed by atoms with van der Waals surface area (Å²) in [5.41, 5.74) is 1.35. The van der Waals surface area contributed by atoms with Crippen LogP contribution in [0, 0.1) is 5.92 Å². The van der Waals surface area contributed by atoms with Crippen molar-refractivity contribution in [2.45, 2.75) is 19.8 Å². The van der Waals surface area contributed by atoms with Crippen LogP contribution in [0.5, 0.6) is 0 Å². The van der Waals surface area contributed by atoms with Gasteiger partial charge < -0.3 is 19.9 Å². The number of methoxy groups -OCH3 is 1. The molecule has 0 amide bonds. The molecule has 0 radical (unpaired) electrons. The molecule has 2 aliphatic heterocycles. The van der Waals surface area contributed by atoms with Crippen molar-refractivity contribution in [2.24, 2.45) is 10.9 Å². The molecular weight excluding hydrogens is 350 g/mol. The fourth-order valence-corrected chi connectivity index (χ4v) is 4.17. The number of ether oxygens (including phenoxy) is 1. The molecule has 0 aliphatic carbocycles. The second-order valence-corrected chi connectivity index (χ2v) is 7.81. The van der Waals surface area contributed by atoms with Gasteiger partial charge in [-0.15, -0.1) is 0 Å². The molecule has 2 aliphatic rings. The number of anilines is 1. The van der Waals surface area contributed by atoms with Gasteiger partial charge in [0.15, 0.2) is 5.96 Å². The van der Waals surface area contributed by atoms with Gasteiger partial charge in [0.05, 0.1) is 6.61 Å². The lowest BCUT2D eigenvalue weighted by Gasteiger charge is -2.36. The summed E-state index contributed by atoms with van der Waals surface area (Å²) in [5, 5.41) is 3.46. The van der Waals surface area contributed by atoms with Gasteiger partial charge in [-0.2, -0.15) is 0 Å². The summed E-state index contributed by atoms with van der Waals surface area (Å²) in [6.07, 6.45) is 2.32. The van der Waals surface area contributed by atoms with Crippen LogP contribution in [0.1, 0.15) is 19.8 Å². The lowest BCUT2D eigenvalue weighted by atomic mass is 10.1. The second kappa shape index (κ2) is 11.3. The monoisotopic (exact) mass is 387 g/mol. The molecule has 6 nitrogen and oxygen atoms in total. The van der Waals surface area contributed by atoms with Crippen LogP contribution in [-0.2, 0) is 4.74 Å². The van der Waals surface area contributed by atoms with E-state index < -0.39 is 0 Å². The maximum atomic E-state index is 5.32. The van der Waals surface area contributed by atoms with Gasteiger partial charge in [-0.3, -0.25) is 9.89 Å². The quantitative estimate of drug-likeness (QED) is 0.421. The van der Waals surface area contributed by atoms with E-state index >= 15 is 0 Å². The Bertz CT molecular complexity index is 586. The van der Waals surface area contributed by atoms with Crippen molar-refractivity contribution in [3.8, 4) is 0 Å². The lowest BCUT2D eigenvalue weighted by Crippen LogP contribution is -2.46. The minimum absolute atomic E-state index is 0.634. The average molecular weight is 388 g/mol. The number of aliphatic imine (C=N–C) groups is 1. The number of guanidine groups is 1. The zero-order valence-electron chi connectivity index (χ0n) is 17.6. The molecule has 28 heavy (non-hydrogen) atoms. The van der Waals surface area contributed by atoms with Crippen LogP contribution >= 0.6 is 0 Å². The van der Waals surface area contributed by atoms with Gasteiger partial charge in [-0.1, -0.05) is 18.2 Å². The van der Waals surface area contributed by atoms with E-state index in [1.54, 1.807) is 7.11 Å². The zero-order valence-corrected chi connectivity index (χ0v) is 17.6. The number of hydrogen-bond acceptors (Lipinski definition) is 4. The van der Waals surface area contributed by atoms with E-state index in [4.69, 9.17) is 9.73 Å². The molecule has 2 saturated heterocycles. The van der Waals surface area contributed by atoms with Crippen LogP contribution in [0.4, 0.5) is 5.69 Å². The third-order valence-corrected chi connectivity index (χ3v) is 5.71. The van der Waals surface area contributed by atoms with Gasteiger partial charge in [-0.25, -0.2) is 0 Å². The molecule has 1 atom stereocenters. The first kappa shape index (κ1) is 20.9. The predicted molar refractivity (Wildman–Crippen MR) is 117 cm³/mol. The molecule has 156 valence electrons. The number of nitrogens with one attached hydrogen (secondary N) is 1. The van der Waals surface area contributed by atoms with E-state index in [0.29, 0.717) is 5.92 Å². The smallest absolute Gasteiger partial charge is 0.193 e. The summed E-state index contributed by atoms with van der Waals surface area (Å²) in [5.74, 6) is 1.71. The molecule has 6 heteroatoms. The van der Waals surface area contributed by atoms with Crippen LogP contribution in [0.3, 0.4) is 0 Å². The fraction of sp³-hybridized carbons (Fsp3) is 0.682. The highest BCUT2D eigenvalue weighted by Crippen LogP contribution is 2.17. The highest BCUT2D eigenvalue weighted by Gasteiger charge is 2.24. The lowest BCUT2D eigenvalue weighted by molar-refractivity contribution is 0.157. The molecular formula is C22H37N5O. The maximum Gasteiger partial charge on any atom is 0.193 e. The molecule has 1 aromatic carbocycles. The number of para-hydroxylation sites is 1. The zero-order chi connectivity index (χ0) is 19.6. The number of rotatable bonds is 8. The summed E-state index contributed by atoms with van der Waals surface area (Å²) in [6.45, 7) is 12.6. The Morgan fingerprint density at radius 3 is 2.64 bits per heavy atom. The maximum absolute atomic E-state index is 5.32. The van der Waals surface area contributed by atoms with Crippen molar-refractivity contribution in [3.05, 3.63) is 30.3 Å². The molecule has 3 rings (SSSR count). The number of nitrogens with zero attached hydrogens (tertiary/aromatic N) is 4. The Morgan fingerprint density at radius 1 is 1.14 bits per heavy atom. The summed E-state index contributed by atoms with van der Waals surface area (Å²) < 4.78 is 5.32. The third kappa shape index (κ3) is 6.11. The number of piperazine rings is 1. The Hall–Kier alpha value is -1.79. The first-order valence-corrected chi connectivity index (χ1v) is 10.8. The number of likely N-dealkylation sites (tertiary alicyclic amines) is 1. The van der Waals surface area contributed by atoms with Gasteiger partial charge in [0.1, 0.15) is 0 Å². The third-order valence-electron chi connectivity index (χ3n) is 5.71. The van der Waals surface area contributed by atoms with Gasteiger partial charge in [0.25, 0.3) is 0 Å². The normalized spacial score (nSPS) is 21.4. The van der Waals surface area contributed by atoms with E-state index in [0.717, 1.165) is 77.9 Å². The first-order chi connectivity index (χ1) is 13.8. The van der Waals surface area contributed by atoms with E-state index in [-0.39, 0.29) is 0 Å². The van der Waals surface area contributed by atoms with E-state index in [2.05, 4.69) is 57.3 Å². The van der Waals surface area contributed by atoms with Crippen LogP contribution in [0.2, 0.25) is 0 Å². The summed E-state index contributed by atoms with van der Waals surface area (Å²) in [7, 11) is 1.79. The Morgan fingerprint density at radius 2 is 1.93 bits per heavy atom. The standard InChI is InChI=1S/C22H37N5O/c1-3-23-22(27-13-10-20(18-27)19-28-2)24-11-7-12-25-14-16-26(17-15-25)21-8-5-4-6-9-21/h4-6,8-9,20H,3,7,10-19H2,1-2H3,(H,23,24). The predicted octanol–water partition coefficient (Wildman–Crippen LogP) is 2.13. The molecule has 2 fully saturated rings. The molecule has 0 aromatic heterocycles. The van der Waals surface area contributed by atoms with Crippen LogP contribution in [-0.4, -0.2) is 88.4 Å². The van der Waals surface area contributed by atoms with Gasteiger partial charge in [-0.05, 0) is 31.9 Å². The van der Waals surface area contributed by atoms with Crippen LogP contribution < -0.4 is 10.2 Å². The van der Waals surface area contributed by atoms with Crippen molar-refractivity contribution >= 4 is 11.6 Å². The summed E-state index contributed by atoms with van der Waals surface area (Å²) >= 11 is 0. The van der Waals surface area contributed by atoms with Crippen molar-refractivity contribution in [3.63, 3.8) is 0 Å². The molecule has 1 unspecified atom stereocenters. The molecule has 1 aromatic rings. The molecule has 1 N–H and O–H groups in total. The Balaban J connectivity index is 1.38. The second-order valence-electron chi connectivity index (χ2n) is 7.81. The highest BCUT2D eigenvalue weighted by molar-refractivity contribution is 5.80. The fourth-order valence-electron chi connectivity index (χ4n) is 4.17. The van der Waals surface area contributed by atoms with Crippen molar-refractivity contribution < 1.29 is 4.74 Å². The molecule has 0 spiro atoms. The molecule has 0 bridgehead atoms. The van der Waals surface area contributed by atoms with Crippen molar-refractivity contribution in [1.29, 1.82) is 0 Å². The van der Waals surface area contributed by atoms with E-state index in [1.807, 2.05) is 0 Å². The van der Waals surface area contributed by atoms with Crippen molar-refractivity contribution in [1.82, 2.24) is 15.1 Å². The van der Waals surface area contributed by atoms with Gasteiger partial charge >= 0.3 is 0 Å². The number of hydrogen-bond donors (Lipinski definition) is 1. The highest BCUT2D eigenvalue weighted by atomic mass is 16.5.